The Balaban J connectivity index is 2.35. The van der Waals surface area contributed by atoms with Crippen LogP contribution in [-0.4, -0.2) is 44.8 Å². The van der Waals surface area contributed by atoms with Crippen LogP contribution < -0.4 is 5.73 Å². The van der Waals surface area contributed by atoms with E-state index in [-0.39, 0.29) is 5.75 Å². The summed E-state index contributed by atoms with van der Waals surface area (Å²) in [5, 5.41) is 16.8. The van der Waals surface area contributed by atoms with Gasteiger partial charge >= 0.3 is 5.97 Å². The van der Waals surface area contributed by atoms with Crippen LogP contribution in [0.5, 0.6) is 0 Å². The molecule has 0 spiro atoms. The quantitative estimate of drug-likeness (QED) is 0.493. The van der Waals surface area contributed by atoms with Crippen LogP contribution in [0, 0.1) is 0 Å². The van der Waals surface area contributed by atoms with Gasteiger partial charge in [-0.25, -0.2) is 0 Å². The SMILES string of the molecule is CCCCOCCCn1c(N)nnc1SCC(=O)O. The molecule has 1 aromatic rings. The van der Waals surface area contributed by atoms with Crippen molar-refractivity contribution >= 4 is 23.7 Å². The van der Waals surface area contributed by atoms with E-state index in [1.54, 1.807) is 4.57 Å². The molecule has 3 N–H and O–H groups in total. The molecule has 1 aromatic heterocycles. The Morgan fingerprint density at radius 2 is 2.16 bits per heavy atom. The zero-order valence-electron chi connectivity index (χ0n) is 11.0. The number of nitrogen functional groups attached to an aromatic ring is 1. The van der Waals surface area contributed by atoms with Crippen molar-refractivity contribution in [2.24, 2.45) is 0 Å². The number of aromatic nitrogens is 3. The number of thioether (sulfide) groups is 1. The topological polar surface area (TPSA) is 103 Å². The molecule has 0 amide bonds. The van der Waals surface area contributed by atoms with Crippen molar-refractivity contribution in [2.75, 3.05) is 24.7 Å². The maximum Gasteiger partial charge on any atom is 0.313 e. The molecule has 0 aliphatic rings. The second-order valence-corrected chi connectivity index (χ2v) is 4.94. The van der Waals surface area contributed by atoms with E-state index in [2.05, 4.69) is 17.1 Å². The van der Waals surface area contributed by atoms with Gasteiger partial charge in [0, 0.05) is 19.8 Å². The normalized spacial score (nSPS) is 10.8. The van der Waals surface area contributed by atoms with Gasteiger partial charge in [0.15, 0.2) is 5.16 Å². The third kappa shape index (κ3) is 5.93. The summed E-state index contributed by atoms with van der Waals surface area (Å²) < 4.78 is 7.17. The lowest BCUT2D eigenvalue weighted by Gasteiger charge is -2.07. The molecule has 0 atom stereocenters. The predicted octanol–water partition coefficient (Wildman–Crippen LogP) is 1.24. The largest absolute Gasteiger partial charge is 0.481 e. The summed E-state index contributed by atoms with van der Waals surface area (Å²) in [6.45, 7) is 4.18. The fourth-order valence-corrected chi connectivity index (χ4v) is 2.11. The molecule has 0 unspecified atom stereocenters. The minimum atomic E-state index is -0.888. The van der Waals surface area contributed by atoms with Gasteiger partial charge in [-0.05, 0) is 12.8 Å². The van der Waals surface area contributed by atoms with Gasteiger partial charge in [0.2, 0.25) is 5.95 Å². The van der Waals surface area contributed by atoms with E-state index < -0.39 is 5.97 Å². The zero-order chi connectivity index (χ0) is 14.1. The van der Waals surface area contributed by atoms with Gasteiger partial charge in [0.1, 0.15) is 0 Å². The third-order valence-corrected chi connectivity index (χ3v) is 3.33. The van der Waals surface area contributed by atoms with Crippen LogP contribution in [0.25, 0.3) is 0 Å². The number of hydrogen-bond donors (Lipinski definition) is 2. The summed E-state index contributed by atoms with van der Waals surface area (Å²) >= 11 is 1.12. The van der Waals surface area contributed by atoms with E-state index in [0.717, 1.165) is 37.6 Å². The number of ether oxygens (including phenoxy) is 1. The summed E-state index contributed by atoms with van der Waals surface area (Å²) in [6, 6.07) is 0. The van der Waals surface area contributed by atoms with Crippen LogP contribution in [0.2, 0.25) is 0 Å². The van der Waals surface area contributed by atoms with Gasteiger partial charge < -0.3 is 15.6 Å². The third-order valence-electron chi connectivity index (χ3n) is 2.38. The molecule has 0 aliphatic heterocycles. The van der Waals surface area contributed by atoms with E-state index in [0.29, 0.717) is 24.3 Å². The van der Waals surface area contributed by atoms with Crippen molar-refractivity contribution in [3.63, 3.8) is 0 Å². The van der Waals surface area contributed by atoms with Crippen molar-refractivity contribution in [3.05, 3.63) is 0 Å². The molecule has 0 bridgehead atoms. The van der Waals surface area contributed by atoms with Crippen molar-refractivity contribution in [1.82, 2.24) is 14.8 Å². The zero-order valence-corrected chi connectivity index (χ0v) is 11.9. The molecular weight excluding hydrogens is 268 g/mol. The maximum atomic E-state index is 10.5. The van der Waals surface area contributed by atoms with Gasteiger partial charge in [0.25, 0.3) is 0 Å². The molecule has 0 aliphatic carbocycles. The molecule has 0 radical (unpaired) electrons. The van der Waals surface area contributed by atoms with Crippen molar-refractivity contribution in [2.45, 2.75) is 37.9 Å². The van der Waals surface area contributed by atoms with Crippen LogP contribution >= 0.6 is 11.8 Å². The molecule has 0 saturated heterocycles. The number of nitrogens with zero attached hydrogens (tertiary/aromatic N) is 3. The highest BCUT2D eigenvalue weighted by molar-refractivity contribution is 7.99. The fourth-order valence-electron chi connectivity index (χ4n) is 1.42. The molecule has 8 heteroatoms. The Labute approximate surface area is 116 Å². The fraction of sp³-hybridized carbons (Fsp3) is 0.727. The number of carboxylic acid groups (broad SMARTS) is 1. The highest BCUT2D eigenvalue weighted by atomic mass is 32.2. The second kappa shape index (κ2) is 8.76. The molecule has 19 heavy (non-hydrogen) atoms. The minimum absolute atomic E-state index is 0.0505. The van der Waals surface area contributed by atoms with Crippen molar-refractivity contribution in [3.8, 4) is 0 Å². The predicted molar refractivity (Wildman–Crippen MR) is 73.1 cm³/mol. The number of carbonyl (C=O) groups is 1. The molecule has 0 fully saturated rings. The average molecular weight is 288 g/mol. The lowest BCUT2D eigenvalue weighted by atomic mass is 10.4. The van der Waals surface area contributed by atoms with Crippen molar-refractivity contribution in [1.29, 1.82) is 0 Å². The number of rotatable bonds is 10. The number of aliphatic carboxylic acids is 1. The molecular formula is C11H20N4O3S. The summed E-state index contributed by atoms with van der Waals surface area (Å²) in [5.41, 5.74) is 5.70. The first-order valence-corrected chi connectivity index (χ1v) is 7.24. The number of carboxylic acids is 1. The Hall–Kier alpha value is -1.28. The molecule has 108 valence electrons. The van der Waals surface area contributed by atoms with E-state index in [9.17, 15) is 4.79 Å². The van der Waals surface area contributed by atoms with Gasteiger partial charge in [-0.15, -0.1) is 10.2 Å². The summed E-state index contributed by atoms with van der Waals surface area (Å²) in [5.74, 6) is -0.632. The van der Waals surface area contributed by atoms with Crippen molar-refractivity contribution < 1.29 is 14.6 Å². The van der Waals surface area contributed by atoms with Crippen LogP contribution in [-0.2, 0) is 16.1 Å². The Kier molecular flexibility index (Phi) is 7.27. The van der Waals surface area contributed by atoms with Gasteiger partial charge in [-0.2, -0.15) is 0 Å². The lowest BCUT2D eigenvalue weighted by molar-refractivity contribution is -0.133. The van der Waals surface area contributed by atoms with Crippen LogP contribution in [0.15, 0.2) is 5.16 Å². The molecule has 0 saturated carbocycles. The highest BCUT2D eigenvalue weighted by Crippen LogP contribution is 2.18. The van der Waals surface area contributed by atoms with E-state index in [1.807, 2.05) is 0 Å². The lowest BCUT2D eigenvalue weighted by Crippen LogP contribution is -2.09. The molecule has 1 heterocycles. The first-order valence-electron chi connectivity index (χ1n) is 6.26. The standard InChI is InChI=1S/C11H20N4O3S/c1-2-3-6-18-7-4-5-15-10(12)13-14-11(15)19-8-9(16)17/h2-8H2,1H3,(H2,12,13)(H,16,17). The molecule has 0 aromatic carbocycles. The average Bonchev–Trinajstić information content (AvgIpc) is 2.72. The van der Waals surface area contributed by atoms with Crippen LogP contribution in [0.3, 0.4) is 0 Å². The molecule has 1 rings (SSSR count). The number of nitrogens with two attached hydrogens (primary N) is 1. The van der Waals surface area contributed by atoms with E-state index in [1.165, 1.54) is 0 Å². The number of hydrogen-bond acceptors (Lipinski definition) is 6. The van der Waals surface area contributed by atoms with Gasteiger partial charge in [-0.3, -0.25) is 9.36 Å². The van der Waals surface area contributed by atoms with E-state index >= 15 is 0 Å². The number of anilines is 1. The Morgan fingerprint density at radius 3 is 2.84 bits per heavy atom. The summed E-state index contributed by atoms with van der Waals surface area (Å²) in [7, 11) is 0. The smallest absolute Gasteiger partial charge is 0.313 e. The minimum Gasteiger partial charge on any atom is -0.481 e. The van der Waals surface area contributed by atoms with E-state index in [4.69, 9.17) is 15.6 Å². The summed E-state index contributed by atoms with van der Waals surface area (Å²) in [4.78, 5) is 10.5. The Morgan fingerprint density at radius 1 is 1.42 bits per heavy atom. The first kappa shape index (κ1) is 15.8. The van der Waals surface area contributed by atoms with Crippen LogP contribution in [0.4, 0.5) is 5.95 Å². The maximum absolute atomic E-state index is 10.5. The van der Waals surface area contributed by atoms with Crippen LogP contribution in [0.1, 0.15) is 26.2 Å². The Bertz CT molecular complexity index is 397. The van der Waals surface area contributed by atoms with Gasteiger partial charge in [-0.1, -0.05) is 25.1 Å². The summed E-state index contributed by atoms with van der Waals surface area (Å²) in [6.07, 6.45) is 2.98. The second-order valence-electron chi connectivity index (χ2n) is 3.99. The number of unbranched alkanes of at least 4 members (excludes halogenated alkanes) is 1. The molecule has 7 nitrogen and oxygen atoms in total. The van der Waals surface area contributed by atoms with Gasteiger partial charge in [0.05, 0.1) is 5.75 Å². The monoisotopic (exact) mass is 288 g/mol. The highest BCUT2D eigenvalue weighted by Gasteiger charge is 2.11. The first-order chi connectivity index (χ1) is 9.15.